The smallest absolute Gasteiger partial charge is 0.221 e. The predicted octanol–water partition coefficient (Wildman–Crippen LogP) is 3.06. The van der Waals surface area contributed by atoms with E-state index in [-0.39, 0.29) is 11.6 Å². The number of hydrogen-bond acceptors (Lipinski definition) is 3. The fourth-order valence-corrected chi connectivity index (χ4v) is 1.47. The van der Waals surface area contributed by atoms with Crippen molar-refractivity contribution in [2.45, 2.75) is 6.92 Å². The van der Waals surface area contributed by atoms with E-state index in [0.29, 0.717) is 11.5 Å². The number of aromatic nitrogens is 1. The van der Waals surface area contributed by atoms with E-state index in [2.05, 4.69) is 15.6 Å². The Hall–Kier alpha value is -2.50. The molecule has 1 amide bonds. The van der Waals surface area contributed by atoms with Crippen LogP contribution < -0.4 is 10.6 Å². The summed E-state index contributed by atoms with van der Waals surface area (Å²) in [5.74, 6) is -1.16. The van der Waals surface area contributed by atoms with Crippen molar-refractivity contribution in [2.24, 2.45) is 0 Å². The molecule has 0 unspecified atom stereocenters. The molecule has 19 heavy (non-hydrogen) atoms. The van der Waals surface area contributed by atoms with Gasteiger partial charge in [-0.2, -0.15) is 0 Å². The monoisotopic (exact) mass is 263 g/mol. The van der Waals surface area contributed by atoms with Crippen LogP contribution in [0.3, 0.4) is 0 Å². The zero-order valence-electron chi connectivity index (χ0n) is 10.1. The minimum absolute atomic E-state index is 0.126. The minimum Gasteiger partial charge on any atom is -0.338 e. The summed E-state index contributed by atoms with van der Waals surface area (Å²) >= 11 is 0. The van der Waals surface area contributed by atoms with Crippen molar-refractivity contribution in [1.29, 1.82) is 0 Å². The van der Waals surface area contributed by atoms with Crippen LogP contribution in [0.2, 0.25) is 0 Å². The molecule has 2 rings (SSSR count). The largest absolute Gasteiger partial charge is 0.338 e. The Kier molecular flexibility index (Phi) is 3.70. The number of hydrogen-bond donors (Lipinski definition) is 2. The molecule has 0 fully saturated rings. The Labute approximate surface area is 108 Å². The summed E-state index contributed by atoms with van der Waals surface area (Å²) in [6.45, 7) is 1.39. The molecule has 0 aliphatic heterocycles. The average Bonchev–Trinajstić information content (AvgIpc) is 2.34. The van der Waals surface area contributed by atoms with Crippen LogP contribution in [0, 0.1) is 11.6 Å². The van der Waals surface area contributed by atoms with Crippen LogP contribution in [0.25, 0.3) is 0 Å². The number of nitrogens with one attached hydrogen (secondary N) is 2. The van der Waals surface area contributed by atoms with Gasteiger partial charge < -0.3 is 10.6 Å². The van der Waals surface area contributed by atoms with E-state index in [4.69, 9.17) is 0 Å². The number of rotatable bonds is 3. The number of pyridine rings is 1. The molecule has 2 N–H and O–H groups in total. The van der Waals surface area contributed by atoms with E-state index < -0.39 is 11.6 Å². The maximum Gasteiger partial charge on any atom is 0.221 e. The molecule has 0 aliphatic carbocycles. The van der Waals surface area contributed by atoms with E-state index in [0.717, 1.165) is 12.1 Å². The van der Waals surface area contributed by atoms with Gasteiger partial charge in [-0.15, -0.1) is 0 Å². The third-order valence-corrected chi connectivity index (χ3v) is 2.28. The Balaban J connectivity index is 2.13. The van der Waals surface area contributed by atoms with Crippen LogP contribution in [-0.4, -0.2) is 10.9 Å². The number of anilines is 3. The molecule has 98 valence electrons. The van der Waals surface area contributed by atoms with E-state index in [1.165, 1.54) is 19.2 Å². The molecule has 6 heteroatoms. The molecular weight excluding hydrogens is 252 g/mol. The van der Waals surface area contributed by atoms with Gasteiger partial charge in [0.05, 0.1) is 17.6 Å². The molecule has 0 aliphatic rings. The van der Waals surface area contributed by atoms with Gasteiger partial charge >= 0.3 is 0 Å². The molecule has 0 saturated heterocycles. The summed E-state index contributed by atoms with van der Waals surface area (Å²) in [5.41, 5.74) is 0.666. The lowest BCUT2D eigenvalue weighted by Gasteiger charge is -2.07. The number of nitrogens with zero attached hydrogens (tertiary/aromatic N) is 1. The first-order valence-electron chi connectivity index (χ1n) is 5.50. The van der Waals surface area contributed by atoms with Gasteiger partial charge in [-0.25, -0.2) is 13.8 Å². The number of carbonyl (C=O) groups is 1. The number of halogens is 2. The second kappa shape index (κ2) is 5.43. The molecule has 1 aromatic carbocycles. The van der Waals surface area contributed by atoms with Crippen molar-refractivity contribution in [1.82, 2.24) is 4.98 Å². The summed E-state index contributed by atoms with van der Waals surface area (Å²) in [6, 6.07) is 6.42. The first-order chi connectivity index (χ1) is 9.04. The van der Waals surface area contributed by atoms with E-state index in [1.807, 2.05) is 0 Å². The third kappa shape index (κ3) is 3.48. The highest BCUT2D eigenvalue weighted by Crippen LogP contribution is 2.20. The quantitative estimate of drug-likeness (QED) is 0.894. The van der Waals surface area contributed by atoms with Gasteiger partial charge in [-0.3, -0.25) is 4.79 Å². The van der Waals surface area contributed by atoms with Crippen molar-refractivity contribution >= 4 is 23.1 Å². The SMILES string of the molecule is CC(=O)Nc1ccc(Nc2ccc(F)cc2F)nc1. The van der Waals surface area contributed by atoms with Gasteiger partial charge in [0.25, 0.3) is 0 Å². The minimum atomic E-state index is -0.701. The van der Waals surface area contributed by atoms with Crippen LogP contribution in [0.1, 0.15) is 6.92 Å². The van der Waals surface area contributed by atoms with Crippen LogP contribution in [0.5, 0.6) is 0 Å². The number of carbonyl (C=O) groups excluding carboxylic acids is 1. The Bertz CT molecular complexity index is 599. The van der Waals surface area contributed by atoms with E-state index >= 15 is 0 Å². The van der Waals surface area contributed by atoms with Gasteiger partial charge in [0.1, 0.15) is 17.5 Å². The van der Waals surface area contributed by atoms with Crippen molar-refractivity contribution in [3.63, 3.8) is 0 Å². The molecule has 1 aromatic heterocycles. The van der Waals surface area contributed by atoms with Crippen molar-refractivity contribution in [2.75, 3.05) is 10.6 Å². The summed E-state index contributed by atoms with van der Waals surface area (Å²) in [7, 11) is 0. The van der Waals surface area contributed by atoms with Gasteiger partial charge in [-0.05, 0) is 24.3 Å². The van der Waals surface area contributed by atoms with Gasteiger partial charge in [0, 0.05) is 13.0 Å². The fraction of sp³-hybridized carbons (Fsp3) is 0.0769. The van der Waals surface area contributed by atoms with E-state index in [1.54, 1.807) is 12.1 Å². The summed E-state index contributed by atoms with van der Waals surface area (Å²) in [5, 5.41) is 5.28. The first kappa shape index (κ1) is 12.9. The van der Waals surface area contributed by atoms with Crippen LogP contribution >= 0.6 is 0 Å². The van der Waals surface area contributed by atoms with Crippen LogP contribution in [-0.2, 0) is 4.79 Å². The summed E-state index contributed by atoms with van der Waals surface area (Å²) in [4.78, 5) is 14.8. The second-order valence-corrected chi connectivity index (χ2v) is 3.86. The molecular formula is C13H11F2N3O. The van der Waals surface area contributed by atoms with Gasteiger partial charge in [-0.1, -0.05) is 0 Å². The standard InChI is InChI=1S/C13H11F2N3O/c1-8(19)17-10-3-5-13(16-7-10)18-12-4-2-9(14)6-11(12)15/h2-7H,1H3,(H,16,18)(H,17,19). The Morgan fingerprint density at radius 2 is 2.00 bits per heavy atom. The highest BCUT2D eigenvalue weighted by Gasteiger charge is 2.04. The zero-order valence-corrected chi connectivity index (χ0v) is 10.1. The molecule has 0 bridgehead atoms. The lowest BCUT2D eigenvalue weighted by atomic mass is 10.3. The lowest BCUT2D eigenvalue weighted by Crippen LogP contribution is -2.06. The predicted molar refractivity (Wildman–Crippen MR) is 68.2 cm³/mol. The fourth-order valence-electron chi connectivity index (χ4n) is 1.47. The maximum absolute atomic E-state index is 13.4. The van der Waals surface area contributed by atoms with Crippen LogP contribution in [0.4, 0.5) is 26.0 Å². The average molecular weight is 263 g/mol. The van der Waals surface area contributed by atoms with Gasteiger partial charge in [0.2, 0.25) is 5.91 Å². The van der Waals surface area contributed by atoms with Crippen molar-refractivity contribution in [3.05, 3.63) is 48.2 Å². The third-order valence-electron chi connectivity index (χ3n) is 2.28. The summed E-state index contributed by atoms with van der Waals surface area (Å²) < 4.78 is 26.1. The highest BCUT2D eigenvalue weighted by molar-refractivity contribution is 5.88. The van der Waals surface area contributed by atoms with Crippen molar-refractivity contribution < 1.29 is 13.6 Å². The van der Waals surface area contributed by atoms with E-state index in [9.17, 15) is 13.6 Å². The van der Waals surface area contributed by atoms with Crippen LogP contribution in [0.15, 0.2) is 36.5 Å². The molecule has 0 radical (unpaired) electrons. The second-order valence-electron chi connectivity index (χ2n) is 3.86. The number of amides is 1. The lowest BCUT2D eigenvalue weighted by molar-refractivity contribution is -0.114. The molecule has 0 spiro atoms. The summed E-state index contributed by atoms with van der Waals surface area (Å²) in [6.07, 6.45) is 1.44. The Morgan fingerprint density at radius 1 is 1.21 bits per heavy atom. The maximum atomic E-state index is 13.4. The van der Waals surface area contributed by atoms with Crippen molar-refractivity contribution in [3.8, 4) is 0 Å². The highest BCUT2D eigenvalue weighted by atomic mass is 19.1. The topological polar surface area (TPSA) is 54.0 Å². The molecule has 1 heterocycles. The normalized spacial score (nSPS) is 10.1. The first-order valence-corrected chi connectivity index (χ1v) is 5.50. The zero-order chi connectivity index (χ0) is 13.8. The number of benzene rings is 1. The Morgan fingerprint density at radius 3 is 2.58 bits per heavy atom. The molecule has 0 atom stereocenters. The molecule has 0 saturated carbocycles. The molecule has 4 nitrogen and oxygen atoms in total. The molecule has 2 aromatic rings. The van der Waals surface area contributed by atoms with Gasteiger partial charge in [0.15, 0.2) is 0 Å².